The second-order valence-electron chi connectivity index (χ2n) is 9.60. The summed E-state index contributed by atoms with van der Waals surface area (Å²) in [7, 11) is -0.633. The van der Waals surface area contributed by atoms with Crippen LogP contribution in [0, 0.1) is 0 Å². The lowest BCUT2D eigenvalue weighted by Gasteiger charge is -2.34. The first-order valence-electron chi connectivity index (χ1n) is 12.3. The Morgan fingerprint density at radius 1 is 1.00 bits per heavy atom. The number of fused-ring (bicyclic) bond motifs is 1. The van der Waals surface area contributed by atoms with Crippen molar-refractivity contribution in [2.75, 3.05) is 45.2 Å². The number of anilines is 1. The van der Waals surface area contributed by atoms with Gasteiger partial charge in [-0.3, -0.25) is 4.79 Å². The largest absolute Gasteiger partial charge is 0.440 e. The fraction of sp³-hybridized carbons (Fsp3) is 0.462. The molecule has 8 nitrogen and oxygen atoms in total. The normalized spacial score (nSPS) is 17.9. The second kappa shape index (κ2) is 9.62. The zero-order valence-corrected chi connectivity index (χ0v) is 21.1. The third-order valence-electron chi connectivity index (χ3n) is 7.12. The highest BCUT2D eigenvalue weighted by molar-refractivity contribution is 7.89. The molecule has 5 rings (SSSR count). The summed E-state index contributed by atoms with van der Waals surface area (Å²) in [5, 5.41) is 0. The molecule has 0 saturated carbocycles. The van der Waals surface area contributed by atoms with Crippen molar-refractivity contribution in [3.8, 4) is 0 Å². The number of hydrogen-bond acceptors (Lipinski definition) is 6. The van der Waals surface area contributed by atoms with Gasteiger partial charge in [0.05, 0.1) is 10.5 Å². The molecule has 1 amide bonds. The van der Waals surface area contributed by atoms with E-state index in [1.165, 1.54) is 24.8 Å². The van der Waals surface area contributed by atoms with Crippen LogP contribution in [0.5, 0.6) is 0 Å². The summed E-state index contributed by atoms with van der Waals surface area (Å²) in [4.78, 5) is 22.6. The molecule has 3 heterocycles. The van der Waals surface area contributed by atoms with Crippen molar-refractivity contribution in [2.45, 2.75) is 42.9 Å². The van der Waals surface area contributed by atoms with Crippen LogP contribution < -0.4 is 4.90 Å². The zero-order valence-electron chi connectivity index (χ0n) is 20.3. The van der Waals surface area contributed by atoms with Crippen molar-refractivity contribution >= 4 is 32.7 Å². The van der Waals surface area contributed by atoms with Gasteiger partial charge in [-0.1, -0.05) is 12.1 Å². The molecule has 0 atom stereocenters. The number of aromatic nitrogens is 1. The first-order chi connectivity index (χ1) is 16.8. The summed E-state index contributed by atoms with van der Waals surface area (Å²) >= 11 is 0. The third kappa shape index (κ3) is 4.67. The third-order valence-corrected chi connectivity index (χ3v) is 8.93. The molecule has 9 heteroatoms. The highest BCUT2D eigenvalue weighted by Gasteiger charge is 2.31. The van der Waals surface area contributed by atoms with Gasteiger partial charge in [0.15, 0.2) is 11.5 Å². The lowest BCUT2D eigenvalue weighted by atomic mass is 9.96. The summed E-state index contributed by atoms with van der Waals surface area (Å²) in [5.41, 5.74) is 2.93. The number of oxazole rings is 1. The molecule has 0 bridgehead atoms. The highest BCUT2D eigenvalue weighted by Crippen LogP contribution is 2.33. The van der Waals surface area contributed by atoms with Gasteiger partial charge in [-0.05, 0) is 62.4 Å². The molecular weight excluding hydrogens is 464 g/mol. The quantitative estimate of drug-likeness (QED) is 0.529. The Labute approximate surface area is 206 Å². The van der Waals surface area contributed by atoms with Crippen molar-refractivity contribution in [3.05, 3.63) is 53.9 Å². The minimum absolute atomic E-state index is 0.114. The van der Waals surface area contributed by atoms with Crippen LogP contribution in [0.3, 0.4) is 0 Å². The fourth-order valence-corrected chi connectivity index (χ4v) is 5.96. The van der Waals surface area contributed by atoms with Gasteiger partial charge in [-0.25, -0.2) is 17.7 Å². The molecule has 0 radical (unpaired) electrons. The van der Waals surface area contributed by atoms with Crippen LogP contribution in [-0.2, 0) is 10.0 Å². The van der Waals surface area contributed by atoms with E-state index >= 15 is 0 Å². The number of carbonyl (C=O) groups is 1. The van der Waals surface area contributed by atoms with Gasteiger partial charge in [0.1, 0.15) is 5.52 Å². The number of piperidine rings is 2. The first kappa shape index (κ1) is 23.8. The Morgan fingerprint density at radius 2 is 1.71 bits per heavy atom. The predicted molar refractivity (Wildman–Crippen MR) is 135 cm³/mol. The van der Waals surface area contributed by atoms with Gasteiger partial charge < -0.3 is 14.2 Å². The number of rotatable bonds is 5. The predicted octanol–water partition coefficient (Wildman–Crippen LogP) is 4.09. The van der Waals surface area contributed by atoms with Gasteiger partial charge in [0.25, 0.3) is 5.91 Å². The number of benzene rings is 2. The number of nitrogens with zero attached hydrogens (tertiary/aromatic N) is 4. The van der Waals surface area contributed by atoms with E-state index in [2.05, 4.69) is 9.88 Å². The number of carbonyl (C=O) groups excluding carboxylic acids is 1. The minimum Gasteiger partial charge on any atom is -0.440 e. The minimum atomic E-state index is -3.65. The SMILES string of the molecule is CN(C)S(=O)(=O)c1ccc(N2CCCCC2)c(C(=O)N2CCC(c3nc4ccccc4o3)CC2)c1. The summed E-state index contributed by atoms with van der Waals surface area (Å²) in [6.45, 7) is 2.90. The molecule has 2 fully saturated rings. The molecular formula is C26H32N4O4S. The average Bonchev–Trinajstić information content (AvgIpc) is 3.33. The van der Waals surface area contributed by atoms with Crippen molar-refractivity contribution in [2.24, 2.45) is 0 Å². The topological polar surface area (TPSA) is 87.0 Å². The molecule has 0 spiro atoms. The van der Waals surface area contributed by atoms with Crippen molar-refractivity contribution < 1.29 is 17.6 Å². The molecule has 2 saturated heterocycles. The lowest BCUT2D eigenvalue weighted by molar-refractivity contribution is 0.0707. The Hall–Kier alpha value is -2.91. The number of para-hydroxylation sites is 2. The molecule has 2 aliphatic heterocycles. The van der Waals surface area contributed by atoms with E-state index in [9.17, 15) is 13.2 Å². The summed E-state index contributed by atoms with van der Waals surface area (Å²) in [6.07, 6.45) is 4.83. The molecule has 0 aliphatic carbocycles. The molecule has 3 aromatic rings. The van der Waals surface area contributed by atoms with Crippen LogP contribution in [-0.4, -0.2) is 68.8 Å². The number of sulfonamides is 1. The Bertz CT molecular complexity index is 1290. The van der Waals surface area contributed by atoms with Gasteiger partial charge >= 0.3 is 0 Å². The standard InChI is InChI=1S/C26H32N4O4S/c1-28(2)35(32,33)20-10-11-23(29-14-6-3-7-15-29)21(18-20)26(31)30-16-12-19(13-17-30)25-27-22-8-4-5-9-24(22)34-25/h4-5,8-11,18-19H,3,6-7,12-17H2,1-2H3. The van der Waals surface area contributed by atoms with Crippen LogP contribution >= 0.6 is 0 Å². The van der Waals surface area contributed by atoms with Crippen molar-refractivity contribution in [3.63, 3.8) is 0 Å². The van der Waals surface area contributed by atoms with Crippen LogP contribution in [0.2, 0.25) is 0 Å². The monoisotopic (exact) mass is 496 g/mol. The second-order valence-corrected chi connectivity index (χ2v) is 11.8. The molecule has 0 N–H and O–H groups in total. The van der Waals surface area contributed by atoms with Crippen molar-refractivity contribution in [1.29, 1.82) is 0 Å². The maximum absolute atomic E-state index is 13.7. The fourth-order valence-electron chi connectivity index (χ4n) is 5.03. The number of hydrogen-bond donors (Lipinski definition) is 0. The molecule has 35 heavy (non-hydrogen) atoms. The lowest BCUT2D eigenvalue weighted by Crippen LogP contribution is -2.39. The van der Waals surface area contributed by atoms with Gasteiger partial charge in [-0.15, -0.1) is 0 Å². The van der Waals surface area contributed by atoms with Crippen LogP contribution in [0.4, 0.5) is 5.69 Å². The van der Waals surface area contributed by atoms with Gasteiger partial charge in [0, 0.05) is 51.9 Å². The van der Waals surface area contributed by atoms with E-state index in [0.29, 0.717) is 18.7 Å². The van der Waals surface area contributed by atoms with Crippen LogP contribution in [0.15, 0.2) is 51.8 Å². The molecule has 1 aromatic heterocycles. The maximum atomic E-state index is 13.7. The molecule has 2 aromatic carbocycles. The first-order valence-corrected chi connectivity index (χ1v) is 13.7. The van der Waals surface area contributed by atoms with E-state index in [1.807, 2.05) is 29.2 Å². The molecule has 0 unspecified atom stereocenters. The van der Waals surface area contributed by atoms with E-state index in [-0.39, 0.29) is 16.7 Å². The van der Waals surface area contributed by atoms with E-state index in [4.69, 9.17) is 4.42 Å². The number of amides is 1. The van der Waals surface area contributed by atoms with E-state index in [1.54, 1.807) is 18.2 Å². The van der Waals surface area contributed by atoms with Gasteiger partial charge in [0.2, 0.25) is 10.0 Å². The van der Waals surface area contributed by atoms with Crippen LogP contribution in [0.1, 0.15) is 54.3 Å². The zero-order chi connectivity index (χ0) is 24.6. The van der Waals surface area contributed by atoms with Crippen molar-refractivity contribution in [1.82, 2.24) is 14.2 Å². The summed E-state index contributed by atoms with van der Waals surface area (Å²) in [6, 6.07) is 12.7. The van der Waals surface area contributed by atoms with Gasteiger partial charge in [-0.2, -0.15) is 0 Å². The Balaban J connectivity index is 1.39. The average molecular weight is 497 g/mol. The van der Waals surface area contributed by atoms with E-state index < -0.39 is 10.0 Å². The molecule has 2 aliphatic rings. The Kier molecular flexibility index (Phi) is 6.55. The summed E-state index contributed by atoms with van der Waals surface area (Å²) in [5.74, 6) is 0.775. The smallest absolute Gasteiger partial charge is 0.256 e. The number of likely N-dealkylation sites (tertiary alicyclic amines) is 1. The van der Waals surface area contributed by atoms with E-state index in [0.717, 1.165) is 61.5 Å². The highest BCUT2D eigenvalue weighted by atomic mass is 32.2. The molecule has 186 valence electrons. The van der Waals surface area contributed by atoms with Crippen LogP contribution in [0.25, 0.3) is 11.1 Å². The Morgan fingerprint density at radius 3 is 2.40 bits per heavy atom. The maximum Gasteiger partial charge on any atom is 0.256 e. The summed E-state index contributed by atoms with van der Waals surface area (Å²) < 4.78 is 32.8.